The van der Waals surface area contributed by atoms with Gasteiger partial charge in [-0.05, 0) is 43.7 Å². The van der Waals surface area contributed by atoms with Crippen LogP contribution in [0.5, 0.6) is 0 Å². The van der Waals surface area contributed by atoms with Crippen LogP contribution < -0.4 is 10.6 Å². The number of hydrogen-bond donors (Lipinski definition) is 1. The first kappa shape index (κ1) is 11.5. The summed E-state index contributed by atoms with van der Waals surface area (Å²) in [6.07, 6.45) is 1.81. The average molecular weight is 227 g/mol. The first-order valence-electron chi connectivity index (χ1n) is 5.76. The zero-order chi connectivity index (χ0) is 12.3. The van der Waals surface area contributed by atoms with Crippen LogP contribution in [0.3, 0.4) is 0 Å². The van der Waals surface area contributed by atoms with E-state index in [-0.39, 0.29) is 0 Å². The lowest BCUT2D eigenvalue weighted by Crippen LogP contribution is -2.16. The van der Waals surface area contributed by atoms with Gasteiger partial charge >= 0.3 is 0 Å². The van der Waals surface area contributed by atoms with E-state index in [1.54, 1.807) is 6.20 Å². The van der Waals surface area contributed by atoms with Crippen molar-refractivity contribution in [2.75, 3.05) is 17.2 Å². The Morgan fingerprint density at radius 3 is 2.59 bits per heavy atom. The maximum atomic E-state index is 5.60. The molecule has 0 aliphatic heterocycles. The Bertz CT molecular complexity index is 491. The molecule has 1 aromatic carbocycles. The van der Waals surface area contributed by atoms with Gasteiger partial charge in [0.2, 0.25) is 0 Å². The molecule has 1 aromatic heterocycles. The summed E-state index contributed by atoms with van der Waals surface area (Å²) in [6, 6.07) is 12.3. The highest BCUT2D eigenvalue weighted by atomic mass is 15.1. The summed E-state index contributed by atoms with van der Waals surface area (Å²) < 4.78 is 0. The molecule has 0 spiro atoms. The standard InChI is InChI=1S/C14H17N3/c1-3-17(12-6-4-5-11(2)9-12)13-7-8-14(15)16-10-13/h4-10H,3H2,1-2H3,(H2,15,16). The van der Waals surface area contributed by atoms with Crippen LogP contribution in [0.15, 0.2) is 42.6 Å². The van der Waals surface area contributed by atoms with Gasteiger partial charge in [0, 0.05) is 12.2 Å². The molecule has 88 valence electrons. The minimum atomic E-state index is 0.550. The van der Waals surface area contributed by atoms with Crippen molar-refractivity contribution in [3.05, 3.63) is 48.2 Å². The third-order valence-electron chi connectivity index (χ3n) is 2.71. The highest BCUT2D eigenvalue weighted by Gasteiger charge is 2.07. The predicted octanol–water partition coefficient (Wildman–Crippen LogP) is 3.13. The van der Waals surface area contributed by atoms with E-state index in [2.05, 4.69) is 48.0 Å². The van der Waals surface area contributed by atoms with Gasteiger partial charge in [0.15, 0.2) is 0 Å². The molecule has 0 saturated carbocycles. The number of rotatable bonds is 3. The Kier molecular flexibility index (Phi) is 3.28. The lowest BCUT2D eigenvalue weighted by molar-refractivity contribution is 1.01. The molecule has 0 unspecified atom stereocenters. The monoisotopic (exact) mass is 227 g/mol. The molecule has 0 bridgehead atoms. The van der Waals surface area contributed by atoms with Crippen LogP contribution in [0, 0.1) is 6.92 Å². The highest BCUT2D eigenvalue weighted by molar-refractivity contribution is 5.63. The van der Waals surface area contributed by atoms with Crippen molar-refractivity contribution in [3.63, 3.8) is 0 Å². The Balaban J connectivity index is 2.36. The fraction of sp³-hybridized carbons (Fsp3) is 0.214. The quantitative estimate of drug-likeness (QED) is 0.876. The first-order valence-corrected chi connectivity index (χ1v) is 5.76. The summed E-state index contributed by atoms with van der Waals surface area (Å²) in [5, 5.41) is 0. The molecule has 17 heavy (non-hydrogen) atoms. The van der Waals surface area contributed by atoms with Crippen molar-refractivity contribution < 1.29 is 0 Å². The van der Waals surface area contributed by atoms with E-state index in [9.17, 15) is 0 Å². The van der Waals surface area contributed by atoms with Crippen molar-refractivity contribution in [1.29, 1.82) is 0 Å². The number of aryl methyl sites for hydroxylation is 1. The second-order valence-electron chi connectivity index (χ2n) is 4.02. The predicted molar refractivity (Wildman–Crippen MR) is 72.5 cm³/mol. The summed E-state index contributed by atoms with van der Waals surface area (Å²) in [5.74, 6) is 0.550. The van der Waals surface area contributed by atoms with Crippen molar-refractivity contribution >= 4 is 17.2 Å². The third kappa shape index (κ3) is 2.56. The molecule has 0 aliphatic rings. The molecule has 3 heteroatoms. The van der Waals surface area contributed by atoms with E-state index in [1.165, 1.54) is 11.3 Å². The topological polar surface area (TPSA) is 42.1 Å². The highest BCUT2D eigenvalue weighted by Crippen LogP contribution is 2.25. The molecule has 2 rings (SSSR count). The zero-order valence-corrected chi connectivity index (χ0v) is 10.2. The van der Waals surface area contributed by atoms with E-state index in [4.69, 9.17) is 5.73 Å². The van der Waals surface area contributed by atoms with Crippen LogP contribution in [0.25, 0.3) is 0 Å². The van der Waals surface area contributed by atoms with E-state index in [0.717, 1.165) is 12.2 Å². The Hall–Kier alpha value is -2.03. The van der Waals surface area contributed by atoms with Gasteiger partial charge in [-0.15, -0.1) is 0 Å². The lowest BCUT2D eigenvalue weighted by Gasteiger charge is -2.23. The minimum absolute atomic E-state index is 0.550. The smallest absolute Gasteiger partial charge is 0.123 e. The van der Waals surface area contributed by atoms with E-state index < -0.39 is 0 Å². The number of hydrogen-bond acceptors (Lipinski definition) is 3. The molecule has 1 heterocycles. The van der Waals surface area contributed by atoms with E-state index in [1.807, 2.05) is 12.1 Å². The number of nitrogens with two attached hydrogens (primary N) is 1. The summed E-state index contributed by atoms with van der Waals surface area (Å²) in [5.41, 5.74) is 9.10. The van der Waals surface area contributed by atoms with Crippen LogP contribution >= 0.6 is 0 Å². The summed E-state index contributed by atoms with van der Waals surface area (Å²) in [4.78, 5) is 6.34. The first-order chi connectivity index (χ1) is 8.20. The molecule has 0 aliphatic carbocycles. The molecule has 0 amide bonds. The summed E-state index contributed by atoms with van der Waals surface area (Å²) in [6.45, 7) is 5.12. The van der Waals surface area contributed by atoms with Crippen molar-refractivity contribution in [2.24, 2.45) is 0 Å². The maximum absolute atomic E-state index is 5.60. The zero-order valence-electron chi connectivity index (χ0n) is 10.2. The van der Waals surface area contributed by atoms with Crippen molar-refractivity contribution in [1.82, 2.24) is 4.98 Å². The van der Waals surface area contributed by atoms with Gasteiger partial charge in [0.25, 0.3) is 0 Å². The van der Waals surface area contributed by atoms with Gasteiger partial charge in [-0.1, -0.05) is 12.1 Å². The van der Waals surface area contributed by atoms with Crippen LogP contribution in [0.4, 0.5) is 17.2 Å². The van der Waals surface area contributed by atoms with Crippen LogP contribution in [0.2, 0.25) is 0 Å². The summed E-state index contributed by atoms with van der Waals surface area (Å²) in [7, 11) is 0. The number of aromatic nitrogens is 1. The third-order valence-corrected chi connectivity index (χ3v) is 2.71. The number of pyridine rings is 1. The van der Waals surface area contributed by atoms with Gasteiger partial charge in [-0.2, -0.15) is 0 Å². The van der Waals surface area contributed by atoms with Crippen molar-refractivity contribution in [2.45, 2.75) is 13.8 Å². The Labute approximate surface area is 102 Å². The second-order valence-corrected chi connectivity index (χ2v) is 4.02. The maximum Gasteiger partial charge on any atom is 0.123 e. The molecule has 0 fully saturated rings. The molecule has 0 saturated heterocycles. The Morgan fingerprint density at radius 2 is 2.00 bits per heavy atom. The Morgan fingerprint density at radius 1 is 1.18 bits per heavy atom. The number of anilines is 3. The van der Waals surface area contributed by atoms with Crippen LogP contribution in [-0.2, 0) is 0 Å². The molecule has 2 N–H and O–H groups in total. The minimum Gasteiger partial charge on any atom is -0.384 e. The molecule has 0 radical (unpaired) electrons. The molecule has 2 aromatic rings. The van der Waals surface area contributed by atoms with Gasteiger partial charge in [0.1, 0.15) is 5.82 Å². The molecular weight excluding hydrogens is 210 g/mol. The fourth-order valence-corrected chi connectivity index (χ4v) is 1.87. The fourth-order valence-electron chi connectivity index (χ4n) is 1.87. The molecule has 3 nitrogen and oxygen atoms in total. The van der Waals surface area contributed by atoms with Gasteiger partial charge in [0.05, 0.1) is 11.9 Å². The molecule has 0 atom stereocenters. The SMILES string of the molecule is CCN(c1ccc(N)nc1)c1cccc(C)c1. The summed E-state index contributed by atoms with van der Waals surface area (Å²) >= 11 is 0. The number of benzene rings is 1. The van der Waals surface area contributed by atoms with Crippen LogP contribution in [-0.4, -0.2) is 11.5 Å². The normalized spacial score (nSPS) is 10.2. The van der Waals surface area contributed by atoms with E-state index in [0.29, 0.717) is 5.82 Å². The van der Waals surface area contributed by atoms with Crippen LogP contribution in [0.1, 0.15) is 12.5 Å². The largest absolute Gasteiger partial charge is 0.384 e. The number of nitrogen functional groups attached to an aromatic ring is 1. The van der Waals surface area contributed by atoms with Gasteiger partial charge in [-0.3, -0.25) is 0 Å². The van der Waals surface area contributed by atoms with Crippen molar-refractivity contribution in [3.8, 4) is 0 Å². The lowest BCUT2D eigenvalue weighted by atomic mass is 10.2. The average Bonchev–Trinajstić information content (AvgIpc) is 2.33. The second kappa shape index (κ2) is 4.87. The van der Waals surface area contributed by atoms with Gasteiger partial charge < -0.3 is 10.6 Å². The van der Waals surface area contributed by atoms with Gasteiger partial charge in [-0.25, -0.2) is 4.98 Å². The molecular formula is C14H17N3. The number of nitrogens with zero attached hydrogens (tertiary/aromatic N) is 2. The van der Waals surface area contributed by atoms with E-state index >= 15 is 0 Å².